The second kappa shape index (κ2) is 5.64. The molecule has 0 aliphatic heterocycles. The summed E-state index contributed by atoms with van der Waals surface area (Å²) in [5, 5.41) is 3.41. The van der Waals surface area contributed by atoms with E-state index < -0.39 is 0 Å². The fraction of sp³-hybridized carbons (Fsp3) is 0.533. The zero-order valence-electron chi connectivity index (χ0n) is 12.7. The van der Waals surface area contributed by atoms with Crippen molar-refractivity contribution in [1.29, 1.82) is 0 Å². The molecule has 0 amide bonds. The molecule has 0 aliphatic carbocycles. The Labute approximate surface area is 128 Å². The van der Waals surface area contributed by atoms with Crippen LogP contribution in [-0.2, 0) is 12.8 Å². The molecule has 1 N–H and O–H groups in total. The van der Waals surface area contributed by atoms with Gasteiger partial charge in [-0.2, -0.15) is 0 Å². The molecule has 0 aliphatic rings. The number of nitrogens with zero attached hydrogens (tertiary/aromatic N) is 3. The minimum atomic E-state index is -0.0642. The lowest BCUT2D eigenvalue weighted by molar-refractivity contribution is 0.631. The van der Waals surface area contributed by atoms with Crippen LogP contribution in [0.5, 0.6) is 0 Å². The molecule has 2 aromatic heterocycles. The largest absolute Gasteiger partial charge is 0.364 e. The van der Waals surface area contributed by atoms with Crippen LogP contribution in [0.25, 0.3) is 11.0 Å². The summed E-state index contributed by atoms with van der Waals surface area (Å²) in [4.78, 5) is 14.0. The number of fused-ring (bicyclic) bond motifs is 1. The molecular weight excluding hydrogens is 316 g/mol. The van der Waals surface area contributed by atoms with E-state index in [0.29, 0.717) is 0 Å². The Morgan fingerprint density at radius 1 is 1.05 bits per heavy atom. The number of rotatable bonds is 3. The van der Waals surface area contributed by atoms with Gasteiger partial charge in [0.25, 0.3) is 0 Å². The van der Waals surface area contributed by atoms with Gasteiger partial charge in [-0.15, -0.1) is 0 Å². The van der Waals surface area contributed by atoms with Crippen LogP contribution in [0.1, 0.15) is 46.0 Å². The first-order valence-electron chi connectivity index (χ1n) is 6.98. The lowest BCUT2D eigenvalue weighted by atomic mass is 10.1. The predicted molar refractivity (Wildman–Crippen MR) is 87.2 cm³/mol. The van der Waals surface area contributed by atoms with Crippen molar-refractivity contribution in [3.05, 3.63) is 22.1 Å². The van der Waals surface area contributed by atoms with Gasteiger partial charge in [0.2, 0.25) is 0 Å². The van der Waals surface area contributed by atoms with Gasteiger partial charge in [-0.05, 0) is 49.5 Å². The van der Waals surface area contributed by atoms with Crippen molar-refractivity contribution in [3.8, 4) is 0 Å². The maximum atomic E-state index is 4.79. The van der Waals surface area contributed by atoms with Gasteiger partial charge < -0.3 is 5.32 Å². The molecule has 0 unspecified atom stereocenters. The number of hydrogen-bond donors (Lipinski definition) is 1. The van der Waals surface area contributed by atoms with Crippen molar-refractivity contribution in [2.45, 2.75) is 53.0 Å². The molecule has 20 heavy (non-hydrogen) atoms. The van der Waals surface area contributed by atoms with Crippen molar-refractivity contribution in [3.63, 3.8) is 0 Å². The van der Waals surface area contributed by atoms with Gasteiger partial charge in [0.1, 0.15) is 11.0 Å². The highest BCUT2D eigenvalue weighted by atomic mass is 79.9. The normalized spacial score (nSPS) is 11.9. The first kappa shape index (κ1) is 15.2. The lowest BCUT2D eigenvalue weighted by Gasteiger charge is -2.22. The van der Waals surface area contributed by atoms with E-state index in [9.17, 15) is 0 Å². The predicted octanol–water partition coefficient (Wildman–Crippen LogP) is 4.12. The van der Waals surface area contributed by atoms with E-state index in [4.69, 9.17) is 9.97 Å². The molecule has 0 radical (unpaired) electrons. The van der Waals surface area contributed by atoms with Gasteiger partial charge in [-0.25, -0.2) is 15.0 Å². The number of anilines is 1. The highest BCUT2D eigenvalue weighted by molar-refractivity contribution is 9.10. The minimum absolute atomic E-state index is 0.0642. The molecule has 0 bridgehead atoms. The van der Waals surface area contributed by atoms with Crippen LogP contribution in [0.2, 0.25) is 0 Å². The van der Waals surface area contributed by atoms with Crippen molar-refractivity contribution in [1.82, 2.24) is 15.0 Å². The van der Waals surface area contributed by atoms with Crippen molar-refractivity contribution in [2.75, 3.05) is 5.32 Å². The average Bonchev–Trinajstić information content (AvgIpc) is 2.39. The molecule has 5 heteroatoms. The summed E-state index contributed by atoms with van der Waals surface area (Å²) in [5.41, 5.74) is 3.76. The maximum absolute atomic E-state index is 4.79. The summed E-state index contributed by atoms with van der Waals surface area (Å²) in [6.07, 6.45) is 3.56. The zero-order chi connectivity index (χ0) is 14.9. The number of halogens is 1. The molecular formula is C15H21BrN4. The zero-order valence-corrected chi connectivity index (χ0v) is 14.3. The fourth-order valence-corrected chi connectivity index (χ4v) is 2.47. The fourth-order valence-electron chi connectivity index (χ4n) is 2.09. The van der Waals surface area contributed by atoms with Gasteiger partial charge in [-0.1, -0.05) is 13.8 Å². The molecule has 2 aromatic rings. The first-order valence-corrected chi connectivity index (χ1v) is 7.77. The van der Waals surface area contributed by atoms with E-state index in [1.807, 2.05) is 0 Å². The maximum Gasteiger partial charge on any atom is 0.154 e. The van der Waals surface area contributed by atoms with E-state index in [1.54, 1.807) is 6.20 Å². The topological polar surface area (TPSA) is 50.7 Å². The average molecular weight is 337 g/mol. The number of nitrogens with one attached hydrogen (secondary N) is 1. The van der Waals surface area contributed by atoms with Crippen LogP contribution < -0.4 is 5.32 Å². The number of aryl methyl sites for hydroxylation is 2. The quantitative estimate of drug-likeness (QED) is 0.915. The second-order valence-corrected chi connectivity index (χ2v) is 6.71. The van der Waals surface area contributed by atoms with Gasteiger partial charge >= 0.3 is 0 Å². The van der Waals surface area contributed by atoms with E-state index in [-0.39, 0.29) is 5.54 Å². The SMILES string of the molecule is CCc1nc2c(Br)cnc(NC(C)(C)C)c2nc1CC. The van der Waals surface area contributed by atoms with Gasteiger partial charge in [0.15, 0.2) is 5.82 Å². The van der Waals surface area contributed by atoms with Crippen molar-refractivity contribution < 1.29 is 0 Å². The molecule has 0 atom stereocenters. The molecule has 4 nitrogen and oxygen atoms in total. The van der Waals surface area contributed by atoms with Crippen LogP contribution in [0.15, 0.2) is 10.7 Å². The summed E-state index contributed by atoms with van der Waals surface area (Å²) in [6.45, 7) is 10.5. The first-order chi connectivity index (χ1) is 9.35. The number of aromatic nitrogens is 3. The molecule has 0 fully saturated rings. The van der Waals surface area contributed by atoms with Crippen LogP contribution in [0, 0.1) is 0 Å². The van der Waals surface area contributed by atoms with E-state index in [1.165, 1.54) is 0 Å². The summed E-state index contributed by atoms with van der Waals surface area (Å²) < 4.78 is 0.886. The Bertz CT molecular complexity index is 632. The van der Waals surface area contributed by atoms with Crippen LogP contribution in [0.4, 0.5) is 5.82 Å². The van der Waals surface area contributed by atoms with Crippen LogP contribution >= 0.6 is 15.9 Å². The summed E-state index contributed by atoms with van der Waals surface area (Å²) in [7, 11) is 0. The molecule has 0 saturated heterocycles. The van der Waals surface area contributed by atoms with Gasteiger partial charge in [-0.3, -0.25) is 0 Å². The highest BCUT2D eigenvalue weighted by Crippen LogP contribution is 2.28. The van der Waals surface area contributed by atoms with E-state index in [0.717, 1.165) is 45.6 Å². The van der Waals surface area contributed by atoms with Gasteiger partial charge in [0.05, 0.1) is 15.9 Å². The molecule has 0 aromatic carbocycles. The molecule has 2 heterocycles. The van der Waals surface area contributed by atoms with Gasteiger partial charge in [0, 0.05) is 11.7 Å². The minimum Gasteiger partial charge on any atom is -0.364 e. The summed E-state index contributed by atoms with van der Waals surface area (Å²) in [6, 6.07) is 0. The Morgan fingerprint density at radius 3 is 2.10 bits per heavy atom. The standard InChI is InChI=1S/C15H21BrN4/c1-6-10-11(7-2)19-13-12(18-10)9(16)8-17-14(13)20-15(3,4)5/h8H,6-7H2,1-5H3,(H,17,20). The third-order valence-corrected chi connectivity index (χ3v) is 3.55. The smallest absolute Gasteiger partial charge is 0.154 e. The summed E-state index contributed by atoms with van der Waals surface area (Å²) in [5.74, 6) is 0.792. The third kappa shape index (κ3) is 3.08. The van der Waals surface area contributed by atoms with Crippen LogP contribution in [-0.4, -0.2) is 20.5 Å². The van der Waals surface area contributed by atoms with Crippen LogP contribution in [0.3, 0.4) is 0 Å². The highest BCUT2D eigenvalue weighted by Gasteiger charge is 2.17. The molecule has 0 spiro atoms. The monoisotopic (exact) mass is 336 g/mol. The van der Waals surface area contributed by atoms with E-state index >= 15 is 0 Å². The second-order valence-electron chi connectivity index (χ2n) is 5.85. The van der Waals surface area contributed by atoms with E-state index in [2.05, 4.69) is 60.8 Å². The Kier molecular flexibility index (Phi) is 4.28. The lowest BCUT2D eigenvalue weighted by Crippen LogP contribution is -2.27. The number of pyridine rings is 1. The molecule has 0 saturated carbocycles. The number of hydrogen-bond acceptors (Lipinski definition) is 4. The Balaban J connectivity index is 2.69. The Morgan fingerprint density at radius 2 is 1.60 bits per heavy atom. The van der Waals surface area contributed by atoms with Crippen molar-refractivity contribution in [2.24, 2.45) is 0 Å². The molecule has 2 rings (SSSR count). The van der Waals surface area contributed by atoms with Crippen molar-refractivity contribution >= 4 is 32.8 Å². The Hall–Kier alpha value is -1.23. The summed E-state index contributed by atoms with van der Waals surface area (Å²) >= 11 is 3.53. The molecule has 108 valence electrons. The third-order valence-electron chi connectivity index (χ3n) is 2.97.